The Morgan fingerprint density at radius 3 is 1.79 bits per heavy atom. The lowest BCUT2D eigenvalue weighted by atomic mass is 9.87. The summed E-state index contributed by atoms with van der Waals surface area (Å²) in [5.41, 5.74) is 2.89. The highest BCUT2D eigenvalue weighted by Crippen LogP contribution is 2.27. The highest BCUT2D eigenvalue weighted by Gasteiger charge is 2.24. The van der Waals surface area contributed by atoms with Crippen molar-refractivity contribution < 1.29 is 0 Å². The van der Waals surface area contributed by atoms with Crippen molar-refractivity contribution in [3.05, 3.63) is 17.5 Å². The van der Waals surface area contributed by atoms with E-state index in [9.17, 15) is 0 Å². The van der Waals surface area contributed by atoms with Crippen LogP contribution in [0.15, 0.2) is 6.20 Å². The third-order valence-electron chi connectivity index (χ3n) is 2.45. The molecule has 0 saturated heterocycles. The highest BCUT2D eigenvalue weighted by atomic mass is 15.3. The molecule has 0 aliphatic carbocycles. The van der Waals surface area contributed by atoms with Crippen LogP contribution in [0.4, 0.5) is 0 Å². The molecule has 0 radical (unpaired) electrons. The standard InChI is InChI=1S/C12H22N2/c1-9-10(11(2,3)4)8-13-14(9)12(5,6)7/h8H,1-7H3. The first-order valence-corrected chi connectivity index (χ1v) is 5.19. The molecule has 0 atom stereocenters. The second kappa shape index (κ2) is 3.11. The van der Waals surface area contributed by atoms with Crippen molar-refractivity contribution in [2.24, 2.45) is 0 Å². The summed E-state index contributed by atoms with van der Waals surface area (Å²) in [5.74, 6) is 0. The van der Waals surface area contributed by atoms with Crippen LogP contribution in [0.2, 0.25) is 0 Å². The van der Waals surface area contributed by atoms with Crippen molar-refractivity contribution in [1.29, 1.82) is 0 Å². The van der Waals surface area contributed by atoms with E-state index in [1.54, 1.807) is 0 Å². The summed E-state index contributed by atoms with van der Waals surface area (Å²) in [6, 6.07) is 0. The van der Waals surface area contributed by atoms with Crippen LogP contribution in [0, 0.1) is 6.92 Å². The average Bonchev–Trinajstić information content (AvgIpc) is 2.26. The van der Waals surface area contributed by atoms with E-state index in [0.29, 0.717) is 0 Å². The molecule has 0 bridgehead atoms. The van der Waals surface area contributed by atoms with E-state index in [1.807, 2.05) is 6.20 Å². The zero-order valence-electron chi connectivity index (χ0n) is 10.5. The van der Waals surface area contributed by atoms with E-state index < -0.39 is 0 Å². The first-order valence-electron chi connectivity index (χ1n) is 5.19. The number of rotatable bonds is 0. The van der Waals surface area contributed by atoms with E-state index >= 15 is 0 Å². The monoisotopic (exact) mass is 194 g/mol. The van der Waals surface area contributed by atoms with Gasteiger partial charge in [-0.15, -0.1) is 0 Å². The second-order valence-corrected chi connectivity index (χ2v) is 5.98. The predicted molar refractivity (Wildman–Crippen MR) is 60.7 cm³/mol. The third kappa shape index (κ3) is 1.99. The van der Waals surface area contributed by atoms with Crippen molar-refractivity contribution in [3.63, 3.8) is 0 Å². The Balaban J connectivity index is 3.23. The summed E-state index contributed by atoms with van der Waals surface area (Å²) < 4.78 is 2.10. The number of aromatic nitrogens is 2. The Labute approximate surface area is 87.3 Å². The van der Waals surface area contributed by atoms with Crippen LogP contribution in [0.1, 0.15) is 52.8 Å². The quantitative estimate of drug-likeness (QED) is 0.620. The van der Waals surface area contributed by atoms with Gasteiger partial charge in [0.1, 0.15) is 0 Å². The molecular formula is C12H22N2. The van der Waals surface area contributed by atoms with E-state index in [2.05, 4.69) is 58.2 Å². The van der Waals surface area contributed by atoms with Gasteiger partial charge in [-0.2, -0.15) is 5.10 Å². The lowest BCUT2D eigenvalue weighted by Crippen LogP contribution is -2.25. The molecule has 1 rings (SSSR count). The Bertz CT molecular complexity index is 290. The number of hydrogen-bond acceptors (Lipinski definition) is 1. The van der Waals surface area contributed by atoms with Crippen LogP contribution in [0.5, 0.6) is 0 Å². The zero-order chi connectivity index (χ0) is 11.1. The molecule has 0 aliphatic heterocycles. The molecular weight excluding hydrogens is 172 g/mol. The van der Waals surface area contributed by atoms with Gasteiger partial charge < -0.3 is 0 Å². The van der Waals surface area contributed by atoms with Crippen LogP contribution < -0.4 is 0 Å². The van der Waals surface area contributed by atoms with Gasteiger partial charge in [-0.25, -0.2) is 0 Å². The second-order valence-electron chi connectivity index (χ2n) is 5.98. The smallest absolute Gasteiger partial charge is 0.0546 e. The molecule has 0 saturated carbocycles. The maximum Gasteiger partial charge on any atom is 0.0546 e. The van der Waals surface area contributed by atoms with Gasteiger partial charge in [0.2, 0.25) is 0 Å². The van der Waals surface area contributed by atoms with Crippen molar-refractivity contribution in [3.8, 4) is 0 Å². The fourth-order valence-electron chi connectivity index (χ4n) is 1.82. The normalized spacial score (nSPS) is 13.4. The first-order chi connectivity index (χ1) is 6.14. The van der Waals surface area contributed by atoms with Crippen molar-refractivity contribution in [2.75, 3.05) is 0 Å². The Morgan fingerprint density at radius 2 is 1.57 bits per heavy atom. The summed E-state index contributed by atoms with van der Waals surface area (Å²) in [7, 11) is 0. The molecule has 0 N–H and O–H groups in total. The minimum absolute atomic E-state index is 0.0770. The van der Waals surface area contributed by atoms with E-state index in [0.717, 1.165) is 0 Å². The summed E-state index contributed by atoms with van der Waals surface area (Å²) in [5, 5.41) is 4.47. The van der Waals surface area contributed by atoms with Gasteiger partial charge in [-0.05, 0) is 38.7 Å². The van der Waals surface area contributed by atoms with Crippen molar-refractivity contribution >= 4 is 0 Å². The summed E-state index contributed by atoms with van der Waals surface area (Å²) >= 11 is 0. The van der Waals surface area contributed by atoms with Crippen LogP contribution >= 0.6 is 0 Å². The molecule has 2 heteroatoms. The molecule has 14 heavy (non-hydrogen) atoms. The van der Waals surface area contributed by atoms with Gasteiger partial charge in [0.25, 0.3) is 0 Å². The highest BCUT2D eigenvalue weighted by molar-refractivity contribution is 5.25. The van der Waals surface area contributed by atoms with Crippen LogP contribution in [-0.4, -0.2) is 9.78 Å². The van der Waals surface area contributed by atoms with Gasteiger partial charge in [0, 0.05) is 5.69 Å². The Hall–Kier alpha value is -0.790. The maximum atomic E-state index is 4.47. The molecule has 0 spiro atoms. The minimum Gasteiger partial charge on any atom is -0.264 e. The largest absolute Gasteiger partial charge is 0.264 e. The molecule has 80 valence electrons. The Kier molecular flexibility index (Phi) is 2.51. The third-order valence-corrected chi connectivity index (χ3v) is 2.45. The molecule has 2 nitrogen and oxygen atoms in total. The summed E-state index contributed by atoms with van der Waals surface area (Å²) in [6.07, 6.45) is 2.00. The maximum absolute atomic E-state index is 4.47. The van der Waals surface area contributed by atoms with Gasteiger partial charge in [-0.3, -0.25) is 4.68 Å². The fraction of sp³-hybridized carbons (Fsp3) is 0.750. The summed E-state index contributed by atoms with van der Waals surface area (Å²) in [6.45, 7) is 15.4. The van der Waals surface area contributed by atoms with Gasteiger partial charge in [0.15, 0.2) is 0 Å². The number of nitrogens with zero attached hydrogens (tertiary/aromatic N) is 2. The zero-order valence-corrected chi connectivity index (χ0v) is 10.5. The fourth-order valence-corrected chi connectivity index (χ4v) is 1.82. The van der Waals surface area contributed by atoms with E-state index in [4.69, 9.17) is 0 Å². The van der Waals surface area contributed by atoms with E-state index in [1.165, 1.54) is 11.3 Å². The van der Waals surface area contributed by atoms with Crippen LogP contribution in [0.25, 0.3) is 0 Å². The molecule has 0 amide bonds. The minimum atomic E-state index is 0.0770. The van der Waals surface area contributed by atoms with Gasteiger partial charge in [-0.1, -0.05) is 20.8 Å². The lowest BCUT2D eigenvalue weighted by molar-refractivity contribution is 0.346. The Morgan fingerprint density at radius 1 is 1.07 bits per heavy atom. The van der Waals surface area contributed by atoms with E-state index in [-0.39, 0.29) is 11.0 Å². The van der Waals surface area contributed by atoms with Crippen LogP contribution in [-0.2, 0) is 11.0 Å². The molecule has 0 aromatic carbocycles. The molecule has 1 aromatic rings. The SMILES string of the molecule is Cc1c(C(C)(C)C)cnn1C(C)(C)C. The van der Waals surface area contributed by atoms with Gasteiger partial charge in [0.05, 0.1) is 11.7 Å². The molecule has 0 aliphatic rings. The predicted octanol–water partition coefficient (Wildman–Crippen LogP) is 3.24. The molecule has 0 fully saturated rings. The lowest BCUT2D eigenvalue weighted by Gasteiger charge is -2.24. The summed E-state index contributed by atoms with van der Waals surface area (Å²) in [4.78, 5) is 0. The van der Waals surface area contributed by atoms with Crippen molar-refractivity contribution in [1.82, 2.24) is 9.78 Å². The van der Waals surface area contributed by atoms with Crippen LogP contribution in [0.3, 0.4) is 0 Å². The first kappa shape index (κ1) is 11.3. The molecule has 0 unspecified atom stereocenters. The van der Waals surface area contributed by atoms with Crippen molar-refractivity contribution in [2.45, 2.75) is 59.4 Å². The molecule has 1 aromatic heterocycles. The number of hydrogen-bond donors (Lipinski definition) is 0. The topological polar surface area (TPSA) is 17.8 Å². The van der Waals surface area contributed by atoms with Gasteiger partial charge >= 0.3 is 0 Å². The average molecular weight is 194 g/mol. The molecule has 1 heterocycles.